The van der Waals surface area contributed by atoms with Crippen LogP contribution in [0.3, 0.4) is 0 Å². The van der Waals surface area contributed by atoms with Gasteiger partial charge in [0, 0.05) is 12.8 Å². The summed E-state index contributed by atoms with van der Waals surface area (Å²) in [4.78, 5) is 0. The van der Waals surface area contributed by atoms with Gasteiger partial charge >= 0.3 is 0 Å². The number of hydrogen-bond acceptors (Lipinski definition) is 3. The Hall–Kier alpha value is -1.03. The molecular formula is C11H19N3O. The van der Waals surface area contributed by atoms with Gasteiger partial charge in [0.25, 0.3) is 0 Å². The van der Waals surface area contributed by atoms with E-state index in [1.165, 1.54) is 12.8 Å². The molecule has 0 aliphatic heterocycles. The van der Waals surface area contributed by atoms with Crippen LogP contribution in [0.5, 0.6) is 0 Å². The minimum absolute atomic E-state index is 0.323. The minimum Gasteiger partial charge on any atom is -0.396 e. The average molecular weight is 209 g/mol. The largest absolute Gasteiger partial charge is 0.396 e. The van der Waals surface area contributed by atoms with Crippen LogP contribution in [-0.2, 0) is 0 Å². The highest BCUT2D eigenvalue weighted by Crippen LogP contribution is 2.33. The van der Waals surface area contributed by atoms with Crippen LogP contribution >= 0.6 is 0 Å². The molecule has 4 nitrogen and oxygen atoms in total. The van der Waals surface area contributed by atoms with Gasteiger partial charge in [-0.05, 0) is 38.0 Å². The van der Waals surface area contributed by atoms with Crippen LogP contribution in [-0.4, -0.2) is 21.5 Å². The Balaban J connectivity index is 1.88. The molecule has 1 aromatic heterocycles. The van der Waals surface area contributed by atoms with E-state index in [9.17, 15) is 0 Å². The number of aliphatic hydroxyl groups excluding tert-OH is 1. The Morgan fingerprint density at radius 1 is 1.40 bits per heavy atom. The summed E-state index contributed by atoms with van der Waals surface area (Å²) in [6.45, 7) is 0.323. The van der Waals surface area contributed by atoms with Gasteiger partial charge in [-0.2, -0.15) is 5.10 Å². The first-order chi connectivity index (χ1) is 7.29. The van der Waals surface area contributed by atoms with E-state index < -0.39 is 0 Å². The summed E-state index contributed by atoms with van der Waals surface area (Å²) in [6.07, 6.45) is 9.29. The van der Waals surface area contributed by atoms with Gasteiger partial charge < -0.3 is 10.8 Å². The average Bonchev–Trinajstić information content (AvgIpc) is 2.67. The Kier molecular flexibility index (Phi) is 3.26. The van der Waals surface area contributed by atoms with Crippen LogP contribution in [0.25, 0.3) is 0 Å². The number of rotatable bonds is 3. The molecule has 15 heavy (non-hydrogen) atoms. The van der Waals surface area contributed by atoms with Gasteiger partial charge in [0.05, 0.1) is 17.9 Å². The third kappa shape index (κ3) is 2.50. The van der Waals surface area contributed by atoms with Crippen molar-refractivity contribution >= 4 is 5.69 Å². The Morgan fingerprint density at radius 3 is 2.67 bits per heavy atom. The summed E-state index contributed by atoms with van der Waals surface area (Å²) < 4.78 is 1.99. The predicted octanol–water partition coefficient (Wildman–Crippen LogP) is 1.58. The SMILES string of the molecule is Nc1cnn([C@H]2CC[C@H](CCO)CC2)c1. The zero-order valence-corrected chi connectivity index (χ0v) is 8.97. The number of anilines is 1. The molecule has 4 heteroatoms. The van der Waals surface area contributed by atoms with E-state index in [0.29, 0.717) is 18.6 Å². The van der Waals surface area contributed by atoms with Crippen LogP contribution in [0.2, 0.25) is 0 Å². The van der Waals surface area contributed by atoms with Crippen molar-refractivity contribution in [2.75, 3.05) is 12.3 Å². The second-order valence-corrected chi connectivity index (χ2v) is 4.44. The van der Waals surface area contributed by atoms with Crippen LogP contribution < -0.4 is 5.73 Å². The highest BCUT2D eigenvalue weighted by molar-refractivity contribution is 5.30. The molecule has 1 aliphatic carbocycles. The van der Waals surface area contributed by atoms with Crippen molar-refractivity contribution in [2.45, 2.75) is 38.1 Å². The number of aromatic nitrogens is 2. The van der Waals surface area contributed by atoms with Crippen molar-refractivity contribution in [2.24, 2.45) is 5.92 Å². The van der Waals surface area contributed by atoms with Gasteiger partial charge in [0.2, 0.25) is 0 Å². The molecule has 2 rings (SSSR count). The summed E-state index contributed by atoms with van der Waals surface area (Å²) in [5.74, 6) is 0.708. The standard InChI is InChI=1S/C11H19N3O/c12-10-7-13-14(8-10)11-3-1-9(2-4-11)5-6-15/h7-9,11,15H,1-6,12H2/t9-,11-. The van der Waals surface area contributed by atoms with Gasteiger partial charge in [-0.1, -0.05) is 0 Å². The fourth-order valence-electron chi connectivity index (χ4n) is 2.43. The zero-order chi connectivity index (χ0) is 10.7. The molecule has 3 N–H and O–H groups in total. The van der Waals surface area contributed by atoms with Gasteiger partial charge in [-0.15, -0.1) is 0 Å². The molecule has 0 saturated heterocycles. The molecule has 1 saturated carbocycles. The molecule has 1 aromatic rings. The van der Waals surface area contributed by atoms with E-state index in [4.69, 9.17) is 10.8 Å². The van der Waals surface area contributed by atoms with Crippen molar-refractivity contribution < 1.29 is 5.11 Å². The minimum atomic E-state index is 0.323. The van der Waals surface area contributed by atoms with Crippen LogP contribution in [0.1, 0.15) is 38.1 Å². The number of nitrogens with zero attached hydrogens (tertiary/aromatic N) is 2. The summed E-state index contributed by atoms with van der Waals surface area (Å²) in [5, 5.41) is 13.1. The van der Waals surface area contributed by atoms with Crippen molar-refractivity contribution in [3.05, 3.63) is 12.4 Å². The van der Waals surface area contributed by atoms with Gasteiger partial charge in [-0.3, -0.25) is 4.68 Å². The molecular weight excluding hydrogens is 190 g/mol. The topological polar surface area (TPSA) is 64.1 Å². The summed E-state index contributed by atoms with van der Waals surface area (Å²) in [7, 11) is 0. The third-order valence-electron chi connectivity index (χ3n) is 3.35. The second kappa shape index (κ2) is 4.66. The lowest BCUT2D eigenvalue weighted by atomic mass is 9.84. The molecule has 0 spiro atoms. The maximum atomic E-state index is 8.87. The van der Waals surface area contributed by atoms with Crippen LogP contribution in [0.15, 0.2) is 12.4 Å². The van der Waals surface area contributed by atoms with E-state index in [0.717, 1.165) is 24.9 Å². The Bertz CT molecular complexity index is 303. The quantitative estimate of drug-likeness (QED) is 0.794. The summed E-state index contributed by atoms with van der Waals surface area (Å²) >= 11 is 0. The maximum Gasteiger partial charge on any atom is 0.0719 e. The first-order valence-electron chi connectivity index (χ1n) is 5.70. The van der Waals surface area contributed by atoms with Crippen molar-refractivity contribution in [3.63, 3.8) is 0 Å². The normalized spacial score (nSPS) is 26.7. The summed E-state index contributed by atoms with van der Waals surface area (Å²) in [6, 6.07) is 0.511. The second-order valence-electron chi connectivity index (χ2n) is 4.44. The lowest BCUT2D eigenvalue weighted by Gasteiger charge is -2.28. The Morgan fingerprint density at radius 2 is 2.13 bits per heavy atom. The molecule has 0 amide bonds. The fraction of sp³-hybridized carbons (Fsp3) is 0.727. The number of nitrogen functional groups attached to an aromatic ring is 1. The highest BCUT2D eigenvalue weighted by atomic mass is 16.3. The first-order valence-corrected chi connectivity index (χ1v) is 5.70. The highest BCUT2D eigenvalue weighted by Gasteiger charge is 2.22. The van der Waals surface area contributed by atoms with E-state index in [2.05, 4.69) is 5.10 Å². The smallest absolute Gasteiger partial charge is 0.0719 e. The Labute approximate surface area is 90.1 Å². The molecule has 1 heterocycles. The van der Waals surface area contributed by atoms with Crippen LogP contribution in [0, 0.1) is 5.92 Å². The molecule has 0 bridgehead atoms. The van der Waals surface area contributed by atoms with Crippen LogP contribution in [0.4, 0.5) is 5.69 Å². The van der Waals surface area contributed by atoms with Gasteiger partial charge in [-0.25, -0.2) is 0 Å². The van der Waals surface area contributed by atoms with Gasteiger partial charge in [0.1, 0.15) is 0 Å². The molecule has 0 aromatic carbocycles. The summed E-state index contributed by atoms with van der Waals surface area (Å²) in [5.41, 5.74) is 6.39. The number of hydrogen-bond donors (Lipinski definition) is 2. The lowest BCUT2D eigenvalue weighted by Crippen LogP contribution is -2.19. The van der Waals surface area contributed by atoms with Gasteiger partial charge in [0.15, 0.2) is 0 Å². The van der Waals surface area contributed by atoms with Crippen molar-refractivity contribution in [1.29, 1.82) is 0 Å². The van der Waals surface area contributed by atoms with E-state index >= 15 is 0 Å². The van der Waals surface area contributed by atoms with E-state index in [1.807, 2.05) is 10.9 Å². The molecule has 1 aliphatic rings. The zero-order valence-electron chi connectivity index (χ0n) is 8.97. The first kappa shape index (κ1) is 10.5. The predicted molar refractivity (Wildman–Crippen MR) is 59.3 cm³/mol. The lowest BCUT2D eigenvalue weighted by molar-refractivity contribution is 0.202. The van der Waals surface area contributed by atoms with E-state index in [1.54, 1.807) is 6.20 Å². The maximum absolute atomic E-state index is 8.87. The molecule has 0 unspecified atom stereocenters. The molecule has 0 atom stereocenters. The number of nitrogens with two attached hydrogens (primary N) is 1. The fourth-order valence-corrected chi connectivity index (χ4v) is 2.43. The van der Waals surface area contributed by atoms with E-state index in [-0.39, 0.29) is 0 Å². The van der Waals surface area contributed by atoms with Crippen molar-refractivity contribution in [3.8, 4) is 0 Å². The molecule has 0 radical (unpaired) electrons. The molecule has 84 valence electrons. The third-order valence-corrected chi connectivity index (χ3v) is 3.35. The monoisotopic (exact) mass is 209 g/mol. The number of aliphatic hydroxyl groups is 1. The van der Waals surface area contributed by atoms with Crippen molar-refractivity contribution in [1.82, 2.24) is 9.78 Å². The molecule has 1 fully saturated rings.